The van der Waals surface area contributed by atoms with Crippen molar-refractivity contribution in [3.05, 3.63) is 36.0 Å². The number of nitrogens with zero attached hydrogens (tertiary/aromatic N) is 2. The van der Waals surface area contributed by atoms with Gasteiger partial charge in [-0.05, 0) is 55.6 Å². The first-order valence-corrected chi connectivity index (χ1v) is 10.0. The van der Waals surface area contributed by atoms with Gasteiger partial charge in [-0.3, -0.25) is 14.7 Å². The summed E-state index contributed by atoms with van der Waals surface area (Å²) in [5, 5.41) is 12.3. The van der Waals surface area contributed by atoms with Crippen molar-refractivity contribution >= 4 is 16.9 Å². The lowest BCUT2D eigenvalue weighted by atomic mass is 9.69. The fourth-order valence-electron chi connectivity index (χ4n) is 5.13. The summed E-state index contributed by atoms with van der Waals surface area (Å²) in [6.07, 6.45) is 3.73. The summed E-state index contributed by atoms with van der Waals surface area (Å²) in [4.78, 5) is 18.4. The van der Waals surface area contributed by atoms with E-state index < -0.39 is 11.7 Å². The first-order valence-electron chi connectivity index (χ1n) is 10.0. The molecule has 0 saturated carbocycles. The van der Waals surface area contributed by atoms with Gasteiger partial charge in [0.05, 0.1) is 18.7 Å². The minimum Gasteiger partial charge on any atom is -0.497 e. The van der Waals surface area contributed by atoms with Crippen LogP contribution in [0.1, 0.15) is 44.8 Å². The molecule has 5 rings (SSSR count). The van der Waals surface area contributed by atoms with E-state index in [0.29, 0.717) is 6.54 Å². The summed E-state index contributed by atoms with van der Waals surface area (Å²) in [5.74, 6) is 0.799. The number of aliphatic hydroxyl groups excluding tert-OH is 1. The summed E-state index contributed by atoms with van der Waals surface area (Å²) in [6, 6.07) is 7.64. The molecule has 3 aliphatic rings. The molecule has 1 aromatic carbocycles. The highest BCUT2D eigenvalue weighted by Crippen LogP contribution is 2.46. The van der Waals surface area contributed by atoms with Crippen molar-refractivity contribution < 1.29 is 19.4 Å². The molecular weight excluding hydrogens is 356 g/mol. The van der Waals surface area contributed by atoms with Crippen LogP contribution >= 0.6 is 0 Å². The number of methoxy groups -OCH3 is 1. The van der Waals surface area contributed by atoms with E-state index in [2.05, 4.69) is 16.8 Å². The smallest absolute Gasteiger partial charge is 0.303 e. The van der Waals surface area contributed by atoms with Gasteiger partial charge in [0.15, 0.2) is 0 Å². The van der Waals surface area contributed by atoms with Gasteiger partial charge in [0, 0.05) is 37.0 Å². The lowest BCUT2D eigenvalue weighted by molar-refractivity contribution is -0.194. The van der Waals surface area contributed by atoms with E-state index >= 15 is 0 Å². The van der Waals surface area contributed by atoms with Gasteiger partial charge in [0.25, 0.3) is 0 Å². The number of benzene rings is 1. The fourth-order valence-corrected chi connectivity index (χ4v) is 5.13. The zero-order valence-electron chi connectivity index (χ0n) is 16.7. The van der Waals surface area contributed by atoms with Crippen molar-refractivity contribution in [2.24, 2.45) is 5.92 Å². The molecule has 1 N–H and O–H groups in total. The third-order valence-electron chi connectivity index (χ3n) is 6.59. The van der Waals surface area contributed by atoms with E-state index in [0.717, 1.165) is 48.0 Å². The number of carbonyl (C=O) groups excluding carboxylic acids is 1. The minimum absolute atomic E-state index is 0.00536. The molecule has 0 radical (unpaired) electrons. The molecule has 3 aliphatic heterocycles. The molecule has 1 unspecified atom stereocenters. The molecule has 5 atom stereocenters. The van der Waals surface area contributed by atoms with E-state index in [1.807, 2.05) is 24.3 Å². The lowest BCUT2D eigenvalue weighted by Crippen LogP contribution is -2.65. The number of aliphatic hydroxyl groups is 1. The van der Waals surface area contributed by atoms with Gasteiger partial charge in [0.2, 0.25) is 0 Å². The van der Waals surface area contributed by atoms with Gasteiger partial charge in [-0.2, -0.15) is 0 Å². The molecule has 3 saturated heterocycles. The number of fused-ring (bicyclic) bond motifs is 4. The number of carbonyl (C=O) groups is 1. The van der Waals surface area contributed by atoms with Crippen molar-refractivity contribution in [3.8, 4) is 5.75 Å². The average molecular weight is 384 g/mol. The Morgan fingerprint density at radius 1 is 1.43 bits per heavy atom. The van der Waals surface area contributed by atoms with Gasteiger partial charge in [-0.15, -0.1) is 0 Å². The standard InChI is InChI=1S/C22H28N2O4/c1-4-22(28-14(2)25)13-24-10-8-15(22)11-20(24)21(26)17-7-9-23-19-6-5-16(27-3)12-18(17)19/h5-7,9,12,15,20-21,26H,4,8,10-11,13H2,1-3H3/t15-,20+,21-,22-/m0/s1. The molecule has 2 bridgehead atoms. The normalized spacial score (nSPS) is 30.2. The molecule has 4 heterocycles. The number of ether oxygens (including phenoxy) is 2. The Morgan fingerprint density at radius 3 is 2.89 bits per heavy atom. The highest BCUT2D eigenvalue weighted by atomic mass is 16.6. The molecule has 3 fully saturated rings. The summed E-state index contributed by atoms with van der Waals surface area (Å²) < 4.78 is 11.2. The number of rotatable bonds is 5. The molecule has 6 nitrogen and oxygen atoms in total. The van der Waals surface area contributed by atoms with Crippen molar-refractivity contribution in [3.63, 3.8) is 0 Å². The van der Waals surface area contributed by atoms with Crippen LogP contribution < -0.4 is 4.74 Å². The molecule has 28 heavy (non-hydrogen) atoms. The van der Waals surface area contributed by atoms with Crippen LogP contribution in [-0.4, -0.2) is 52.8 Å². The predicted octanol–water partition coefficient (Wildman–Crippen LogP) is 3.08. The highest BCUT2D eigenvalue weighted by molar-refractivity contribution is 5.84. The Kier molecular flexibility index (Phi) is 5.02. The van der Waals surface area contributed by atoms with Crippen molar-refractivity contribution in [2.75, 3.05) is 20.2 Å². The molecule has 6 heteroatoms. The summed E-state index contributed by atoms with van der Waals surface area (Å²) in [7, 11) is 1.64. The maximum absolute atomic E-state index is 11.7. The zero-order valence-corrected chi connectivity index (χ0v) is 16.7. The van der Waals surface area contributed by atoms with Crippen LogP contribution in [0.3, 0.4) is 0 Å². The van der Waals surface area contributed by atoms with E-state index in [1.165, 1.54) is 6.92 Å². The Morgan fingerprint density at radius 2 is 2.25 bits per heavy atom. The van der Waals surface area contributed by atoms with E-state index in [4.69, 9.17) is 9.47 Å². The SMILES string of the molecule is CC[C@]1(OC(C)=O)CN2CC[C@H]1C[C@@H]2[C@@H](O)c1ccnc2ccc(OC)cc12. The lowest BCUT2D eigenvalue weighted by Gasteiger charge is -2.56. The zero-order chi connectivity index (χ0) is 19.9. The maximum atomic E-state index is 11.7. The molecule has 150 valence electrons. The Hall–Kier alpha value is -2.18. The van der Waals surface area contributed by atoms with Gasteiger partial charge in [-0.1, -0.05) is 6.92 Å². The van der Waals surface area contributed by atoms with Crippen molar-refractivity contribution in [1.29, 1.82) is 0 Å². The third-order valence-corrected chi connectivity index (χ3v) is 6.59. The summed E-state index contributed by atoms with van der Waals surface area (Å²) in [6.45, 7) is 5.17. The number of hydrogen-bond donors (Lipinski definition) is 1. The van der Waals surface area contributed by atoms with E-state index in [-0.39, 0.29) is 17.9 Å². The van der Waals surface area contributed by atoms with Gasteiger partial charge in [-0.25, -0.2) is 0 Å². The number of aromatic nitrogens is 1. The van der Waals surface area contributed by atoms with Gasteiger partial charge >= 0.3 is 5.97 Å². The second-order valence-electron chi connectivity index (χ2n) is 8.00. The largest absolute Gasteiger partial charge is 0.497 e. The Bertz CT molecular complexity index is 886. The molecule has 0 amide bonds. The summed E-state index contributed by atoms with van der Waals surface area (Å²) >= 11 is 0. The van der Waals surface area contributed by atoms with E-state index in [1.54, 1.807) is 13.3 Å². The first-order chi connectivity index (χ1) is 13.5. The second kappa shape index (κ2) is 7.33. The van der Waals surface area contributed by atoms with Crippen LogP contribution in [-0.2, 0) is 9.53 Å². The molecule has 2 aromatic rings. The fraction of sp³-hybridized carbons (Fsp3) is 0.545. The monoisotopic (exact) mass is 384 g/mol. The quantitative estimate of drug-likeness (QED) is 0.799. The van der Waals surface area contributed by atoms with E-state index in [9.17, 15) is 9.90 Å². The van der Waals surface area contributed by atoms with Crippen molar-refractivity contribution in [1.82, 2.24) is 9.88 Å². The Labute approximate surface area is 165 Å². The van der Waals surface area contributed by atoms with Crippen LogP contribution in [0.15, 0.2) is 30.5 Å². The Balaban J connectivity index is 1.65. The maximum Gasteiger partial charge on any atom is 0.303 e. The van der Waals surface area contributed by atoms with Crippen LogP contribution in [0.2, 0.25) is 0 Å². The summed E-state index contributed by atoms with van der Waals surface area (Å²) in [5.41, 5.74) is 1.29. The number of piperidine rings is 3. The number of esters is 1. The molecular formula is C22H28N2O4. The average Bonchev–Trinajstić information content (AvgIpc) is 2.72. The molecule has 0 spiro atoms. The number of pyridine rings is 1. The predicted molar refractivity (Wildman–Crippen MR) is 106 cm³/mol. The van der Waals surface area contributed by atoms with Gasteiger partial charge < -0.3 is 14.6 Å². The number of hydrogen-bond acceptors (Lipinski definition) is 6. The second-order valence-corrected chi connectivity index (χ2v) is 8.00. The molecule has 0 aliphatic carbocycles. The highest BCUT2D eigenvalue weighted by Gasteiger charge is 2.53. The van der Waals surface area contributed by atoms with Crippen LogP contribution in [0.25, 0.3) is 10.9 Å². The minimum atomic E-state index is -0.632. The van der Waals surface area contributed by atoms with Crippen molar-refractivity contribution in [2.45, 2.75) is 50.9 Å². The van der Waals surface area contributed by atoms with Crippen LogP contribution in [0.5, 0.6) is 5.75 Å². The topological polar surface area (TPSA) is 71.9 Å². The van der Waals surface area contributed by atoms with Crippen LogP contribution in [0, 0.1) is 5.92 Å². The first kappa shape index (κ1) is 19.2. The third kappa shape index (κ3) is 3.14. The molecule has 1 aromatic heterocycles. The van der Waals surface area contributed by atoms with Crippen LogP contribution in [0.4, 0.5) is 0 Å². The van der Waals surface area contributed by atoms with Gasteiger partial charge in [0.1, 0.15) is 11.4 Å².